The van der Waals surface area contributed by atoms with E-state index in [-0.39, 0.29) is 13.0 Å². The number of amides is 1. The largest absolute Gasteiger partial charge is 0.468 e. The molecule has 0 bridgehead atoms. The van der Waals surface area contributed by atoms with E-state index >= 15 is 0 Å². The molecule has 0 aromatic heterocycles. The number of carbonyl (C=O) groups is 2. The van der Waals surface area contributed by atoms with Gasteiger partial charge in [0, 0.05) is 7.11 Å². The minimum atomic E-state index is -3.66. The minimum Gasteiger partial charge on any atom is -0.468 e. The average molecular weight is 434 g/mol. The van der Waals surface area contributed by atoms with E-state index in [1.54, 1.807) is 0 Å². The summed E-state index contributed by atoms with van der Waals surface area (Å²) in [6.07, 6.45) is -0.505. The van der Waals surface area contributed by atoms with E-state index in [0.717, 1.165) is 11.1 Å². The van der Waals surface area contributed by atoms with Gasteiger partial charge in [-0.2, -0.15) is 0 Å². The van der Waals surface area contributed by atoms with Crippen LogP contribution in [0.15, 0.2) is 60.7 Å². The molecule has 2 N–H and O–H groups in total. The number of carbonyl (C=O) groups excluding carboxylic acids is 2. The Hall–Kier alpha value is -2.67. The molecule has 0 aliphatic carbocycles. The fraction of sp³-hybridized carbons (Fsp3) is 0.333. The highest BCUT2D eigenvalue weighted by molar-refractivity contribution is 7.57. The van der Waals surface area contributed by atoms with Crippen LogP contribution in [-0.4, -0.2) is 38.1 Å². The summed E-state index contributed by atoms with van der Waals surface area (Å²) in [5.41, 5.74) is 1.67. The summed E-state index contributed by atoms with van der Waals surface area (Å²) in [7, 11) is -1.16. The molecule has 0 spiro atoms. The van der Waals surface area contributed by atoms with Crippen LogP contribution >= 0.6 is 7.52 Å². The molecule has 0 saturated heterocycles. The van der Waals surface area contributed by atoms with E-state index in [9.17, 15) is 14.2 Å². The van der Waals surface area contributed by atoms with Gasteiger partial charge in [0.25, 0.3) is 7.52 Å². The molecule has 9 heteroatoms. The van der Waals surface area contributed by atoms with Gasteiger partial charge in [0.1, 0.15) is 18.4 Å². The lowest BCUT2D eigenvalue weighted by atomic mass is 10.1. The fourth-order valence-corrected chi connectivity index (χ4v) is 4.29. The number of alkyl carbamates (subject to hydrolysis) is 1. The Balaban J connectivity index is 2.02. The van der Waals surface area contributed by atoms with Crippen molar-refractivity contribution in [1.82, 2.24) is 10.4 Å². The molecule has 2 aromatic rings. The van der Waals surface area contributed by atoms with Gasteiger partial charge in [0.2, 0.25) is 0 Å². The first-order valence-electron chi connectivity index (χ1n) is 9.40. The highest BCUT2D eigenvalue weighted by Crippen LogP contribution is 2.46. The second-order valence-corrected chi connectivity index (χ2v) is 9.15. The van der Waals surface area contributed by atoms with Crippen LogP contribution in [0.2, 0.25) is 0 Å². The van der Waals surface area contributed by atoms with Crippen LogP contribution < -0.4 is 10.4 Å². The van der Waals surface area contributed by atoms with Crippen molar-refractivity contribution in [2.75, 3.05) is 14.2 Å². The Morgan fingerprint density at radius 2 is 1.53 bits per heavy atom. The lowest BCUT2D eigenvalue weighted by molar-refractivity contribution is -0.142. The summed E-state index contributed by atoms with van der Waals surface area (Å²) in [5, 5.41) is 5.25. The molecule has 3 atom stereocenters. The lowest BCUT2D eigenvalue weighted by Gasteiger charge is -2.28. The van der Waals surface area contributed by atoms with E-state index in [2.05, 4.69) is 10.4 Å². The van der Waals surface area contributed by atoms with Gasteiger partial charge in [-0.3, -0.25) is 9.36 Å². The molecule has 162 valence electrons. The van der Waals surface area contributed by atoms with Gasteiger partial charge >= 0.3 is 12.1 Å². The van der Waals surface area contributed by atoms with Crippen molar-refractivity contribution in [3.63, 3.8) is 0 Å². The molecule has 0 aliphatic rings. The zero-order valence-corrected chi connectivity index (χ0v) is 18.1. The molecule has 0 fully saturated rings. The fourth-order valence-electron chi connectivity index (χ4n) is 2.73. The Morgan fingerprint density at radius 1 is 0.967 bits per heavy atom. The Bertz CT molecular complexity index is 862. The van der Waals surface area contributed by atoms with Crippen molar-refractivity contribution in [1.29, 1.82) is 0 Å². The molecule has 0 saturated carbocycles. The normalized spacial score (nSPS) is 14.8. The van der Waals surface area contributed by atoms with Gasteiger partial charge in [-0.25, -0.2) is 9.88 Å². The smallest absolute Gasteiger partial charge is 0.408 e. The van der Waals surface area contributed by atoms with E-state index < -0.39 is 31.4 Å². The van der Waals surface area contributed by atoms with Crippen molar-refractivity contribution in [3.05, 3.63) is 71.8 Å². The van der Waals surface area contributed by atoms with Crippen LogP contribution in [0.4, 0.5) is 4.79 Å². The molecule has 2 rings (SSSR count). The zero-order valence-electron chi connectivity index (χ0n) is 17.2. The van der Waals surface area contributed by atoms with Crippen LogP contribution in [0.3, 0.4) is 0 Å². The number of benzene rings is 2. The second kappa shape index (κ2) is 11.5. The van der Waals surface area contributed by atoms with Crippen LogP contribution in [0.1, 0.15) is 18.1 Å². The van der Waals surface area contributed by atoms with E-state index in [1.165, 1.54) is 21.1 Å². The van der Waals surface area contributed by atoms with Crippen LogP contribution in [0, 0.1) is 0 Å². The number of esters is 1. The topological polar surface area (TPSA) is 103 Å². The van der Waals surface area contributed by atoms with Crippen molar-refractivity contribution in [2.24, 2.45) is 0 Å². The summed E-state index contributed by atoms with van der Waals surface area (Å²) in [6, 6.07) is 17.5. The third-order valence-corrected chi connectivity index (χ3v) is 6.79. The van der Waals surface area contributed by atoms with Gasteiger partial charge in [-0.15, -0.1) is 0 Å². The molecule has 1 amide bonds. The van der Waals surface area contributed by atoms with Gasteiger partial charge in [0.15, 0.2) is 0 Å². The second-order valence-electron chi connectivity index (χ2n) is 6.56. The molecule has 0 heterocycles. The number of hydrogen-bond donors (Lipinski definition) is 2. The number of hydrogen-bond acceptors (Lipinski definition) is 6. The van der Waals surface area contributed by atoms with Gasteiger partial charge in [-0.1, -0.05) is 60.7 Å². The zero-order chi connectivity index (χ0) is 22.0. The predicted octanol–water partition coefficient (Wildman–Crippen LogP) is 3.47. The minimum absolute atomic E-state index is 0.0723. The number of ether oxygens (including phenoxy) is 2. The van der Waals surface area contributed by atoms with Crippen LogP contribution in [0.25, 0.3) is 0 Å². The molecule has 0 radical (unpaired) electrons. The first-order valence-corrected chi connectivity index (χ1v) is 11.1. The maximum absolute atomic E-state index is 13.3. The van der Waals surface area contributed by atoms with E-state index in [0.29, 0.717) is 0 Å². The maximum atomic E-state index is 13.3. The number of nitrogens with one attached hydrogen (secondary N) is 2. The van der Waals surface area contributed by atoms with Crippen LogP contribution in [-0.2, 0) is 36.4 Å². The molecule has 2 aromatic carbocycles. The summed E-state index contributed by atoms with van der Waals surface area (Å²) in [6.45, 7) is 1.58. The standard InChI is InChI=1S/C21H27N2O6P/c1-16(22-21(25)29-15-18-12-8-5-9-13-18)30(26,28-3)23-19(20(24)27-2)14-17-10-6-4-7-11-17/h4-13,16,19H,14-15H2,1-3H3,(H,22,25)(H,23,26)/t16-,19-,30?/m0/s1. The van der Waals surface area contributed by atoms with Crippen molar-refractivity contribution in [3.8, 4) is 0 Å². The van der Waals surface area contributed by atoms with Crippen molar-refractivity contribution >= 4 is 19.6 Å². The first kappa shape index (κ1) is 23.6. The molecular weight excluding hydrogens is 407 g/mol. The van der Waals surface area contributed by atoms with Gasteiger partial charge in [-0.05, 0) is 24.5 Å². The number of methoxy groups -OCH3 is 1. The monoisotopic (exact) mass is 434 g/mol. The Morgan fingerprint density at radius 3 is 2.07 bits per heavy atom. The summed E-state index contributed by atoms with van der Waals surface area (Å²) in [4.78, 5) is 24.4. The third-order valence-electron chi connectivity index (χ3n) is 4.42. The molecule has 8 nitrogen and oxygen atoms in total. The molecule has 0 aliphatic heterocycles. The number of rotatable bonds is 10. The SMILES string of the molecule is COC(=O)[C@H](Cc1ccccc1)NP(=O)(OC)[C@@H](C)NC(=O)OCc1ccccc1. The van der Waals surface area contributed by atoms with Gasteiger partial charge < -0.3 is 19.3 Å². The van der Waals surface area contributed by atoms with Crippen molar-refractivity contribution in [2.45, 2.75) is 31.8 Å². The van der Waals surface area contributed by atoms with E-state index in [4.69, 9.17) is 14.0 Å². The highest BCUT2D eigenvalue weighted by Gasteiger charge is 2.36. The quantitative estimate of drug-likeness (QED) is 0.436. The first-order chi connectivity index (χ1) is 14.4. The Labute approximate surface area is 176 Å². The summed E-state index contributed by atoms with van der Waals surface area (Å²) < 4.78 is 28.5. The summed E-state index contributed by atoms with van der Waals surface area (Å²) >= 11 is 0. The Kier molecular flexibility index (Phi) is 9.05. The van der Waals surface area contributed by atoms with Crippen LogP contribution in [0.5, 0.6) is 0 Å². The molecular formula is C21H27N2O6P. The van der Waals surface area contributed by atoms with E-state index in [1.807, 2.05) is 60.7 Å². The molecule has 1 unspecified atom stereocenters. The lowest BCUT2D eigenvalue weighted by Crippen LogP contribution is -2.43. The predicted molar refractivity (Wildman–Crippen MR) is 113 cm³/mol. The maximum Gasteiger partial charge on any atom is 0.408 e. The third kappa shape index (κ3) is 6.99. The summed E-state index contributed by atoms with van der Waals surface area (Å²) in [5.74, 6) is -1.54. The van der Waals surface area contributed by atoms with Crippen molar-refractivity contribution < 1.29 is 28.2 Å². The highest BCUT2D eigenvalue weighted by atomic mass is 31.2. The van der Waals surface area contributed by atoms with Gasteiger partial charge in [0.05, 0.1) is 7.11 Å². The average Bonchev–Trinajstić information content (AvgIpc) is 2.78. The molecule has 30 heavy (non-hydrogen) atoms.